The van der Waals surface area contributed by atoms with E-state index in [9.17, 15) is 4.79 Å². The summed E-state index contributed by atoms with van der Waals surface area (Å²) >= 11 is 0. The number of hydrogen-bond donors (Lipinski definition) is 1. The van der Waals surface area contributed by atoms with Crippen molar-refractivity contribution in [2.75, 3.05) is 0 Å². The van der Waals surface area contributed by atoms with Gasteiger partial charge in [0.1, 0.15) is 12.9 Å². The number of rotatable bonds is 5. The van der Waals surface area contributed by atoms with E-state index in [4.69, 9.17) is 10.1 Å². The first kappa shape index (κ1) is 12.8. The zero-order valence-corrected chi connectivity index (χ0v) is 9.64. The van der Waals surface area contributed by atoms with Crippen LogP contribution >= 0.6 is 0 Å². The molecule has 0 aliphatic carbocycles. The van der Waals surface area contributed by atoms with Gasteiger partial charge in [-0.15, -0.1) is 0 Å². The number of carbonyl (C=O) groups is 1. The average Bonchev–Trinajstić information content (AvgIpc) is 2.34. The second kappa shape index (κ2) is 6.37. The van der Waals surface area contributed by atoms with E-state index in [0.29, 0.717) is 5.57 Å². The van der Waals surface area contributed by atoms with E-state index in [1.807, 2.05) is 30.3 Å². The third kappa shape index (κ3) is 4.03. The summed E-state index contributed by atoms with van der Waals surface area (Å²) in [5, 5.41) is 6.85. The van der Waals surface area contributed by atoms with Crippen LogP contribution in [-0.2, 0) is 16.1 Å². The van der Waals surface area contributed by atoms with E-state index < -0.39 is 5.97 Å². The maximum Gasteiger partial charge on any atom is 0.357 e. The molecule has 0 saturated heterocycles. The summed E-state index contributed by atoms with van der Waals surface area (Å²) in [5.74, 6) is -0.565. The van der Waals surface area contributed by atoms with Crippen molar-refractivity contribution in [2.24, 2.45) is 4.99 Å². The van der Waals surface area contributed by atoms with Crippen LogP contribution in [0.25, 0.3) is 0 Å². The van der Waals surface area contributed by atoms with Gasteiger partial charge in [0.2, 0.25) is 0 Å². The lowest BCUT2D eigenvalue weighted by Crippen LogP contribution is -2.18. The number of nitrogens with one attached hydrogen (secondary N) is 1. The molecule has 0 spiro atoms. The van der Waals surface area contributed by atoms with Gasteiger partial charge in [-0.2, -0.15) is 0 Å². The number of nitrogens with zero attached hydrogens (tertiary/aromatic N) is 1. The topological polar surface area (TPSA) is 62.5 Å². The fraction of sp³-hybridized carbons (Fsp3) is 0.154. The van der Waals surface area contributed by atoms with Crippen molar-refractivity contribution in [3.05, 3.63) is 48.0 Å². The Balaban J connectivity index is 2.63. The van der Waals surface area contributed by atoms with Crippen molar-refractivity contribution < 1.29 is 9.53 Å². The molecule has 17 heavy (non-hydrogen) atoms. The van der Waals surface area contributed by atoms with E-state index >= 15 is 0 Å². The molecule has 1 aromatic rings. The van der Waals surface area contributed by atoms with E-state index in [1.165, 1.54) is 0 Å². The number of aliphatic imine (C=N–C) groups is 1. The monoisotopic (exact) mass is 230 g/mol. The highest BCUT2D eigenvalue weighted by Gasteiger charge is 2.13. The molecule has 1 N–H and O–H groups in total. The molecule has 4 heteroatoms. The zero-order valence-electron chi connectivity index (χ0n) is 9.64. The Morgan fingerprint density at radius 3 is 2.65 bits per heavy atom. The first-order valence-electron chi connectivity index (χ1n) is 5.09. The van der Waals surface area contributed by atoms with Crippen molar-refractivity contribution in [1.29, 1.82) is 5.41 Å². The maximum atomic E-state index is 11.6. The molecule has 0 saturated carbocycles. The van der Waals surface area contributed by atoms with Gasteiger partial charge in [-0.1, -0.05) is 36.9 Å². The molecule has 1 rings (SSSR count). The molecule has 0 radical (unpaired) electrons. The van der Waals surface area contributed by atoms with E-state index in [-0.39, 0.29) is 12.3 Å². The third-order valence-corrected chi connectivity index (χ3v) is 2.00. The van der Waals surface area contributed by atoms with Crippen molar-refractivity contribution in [3.8, 4) is 0 Å². The van der Waals surface area contributed by atoms with Crippen LogP contribution in [0.15, 0.2) is 47.5 Å². The lowest BCUT2D eigenvalue weighted by atomic mass is 10.2. The Morgan fingerprint density at radius 2 is 2.12 bits per heavy atom. The predicted octanol–water partition coefficient (Wildman–Crippen LogP) is 2.35. The van der Waals surface area contributed by atoms with Crippen LogP contribution in [0.5, 0.6) is 0 Å². The van der Waals surface area contributed by atoms with Crippen molar-refractivity contribution in [2.45, 2.75) is 13.5 Å². The van der Waals surface area contributed by atoms with E-state index in [2.05, 4.69) is 11.6 Å². The summed E-state index contributed by atoms with van der Waals surface area (Å²) in [4.78, 5) is 15.3. The molecular weight excluding hydrogens is 216 g/mol. The molecule has 4 nitrogen and oxygen atoms in total. The standard InChI is InChI=1S/C13H14N2O2/c1-10(2)12(15-9-14)13(16)17-8-11-6-4-3-5-7-11/h3-7,9,14H,1,8H2,2H3/b14-9?,15-12+. The summed E-state index contributed by atoms with van der Waals surface area (Å²) < 4.78 is 5.07. The molecule has 0 heterocycles. The SMILES string of the molecule is C=C(C)/C(=N\C=N)C(=O)OCc1ccccc1. The molecule has 0 amide bonds. The molecule has 1 aromatic carbocycles. The van der Waals surface area contributed by atoms with Gasteiger partial charge in [0.15, 0.2) is 5.71 Å². The Bertz CT molecular complexity index is 450. The van der Waals surface area contributed by atoms with Crippen molar-refractivity contribution in [3.63, 3.8) is 0 Å². The van der Waals surface area contributed by atoms with Crippen LogP contribution in [0.2, 0.25) is 0 Å². The molecule has 88 valence electrons. The van der Waals surface area contributed by atoms with Crippen molar-refractivity contribution >= 4 is 18.0 Å². The summed E-state index contributed by atoms with van der Waals surface area (Å²) in [6.07, 6.45) is 0.799. The second-order valence-corrected chi connectivity index (χ2v) is 3.45. The van der Waals surface area contributed by atoms with Gasteiger partial charge >= 0.3 is 5.97 Å². The summed E-state index contributed by atoms with van der Waals surface area (Å²) in [7, 11) is 0. The van der Waals surface area contributed by atoms with Crippen LogP contribution < -0.4 is 0 Å². The fourth-order valence-electron chi connectivity index (χ4n) is 1.19. The highest BCUT2D eigenvalue weighted by atomic mass is 16.5. The van der Waals surface area contributed by atoms with Gasteiger partial charge in [-0.05, 0) is 18.1 Å². The molecular formula is C13H14N2O2. The summed E-state index contributed by atoms with van der Waals surface area (Å²) in [6, 6.07) is 9.35. The van der Waals surface area contributed by atoms with Crippen LogP contribution in [0.4, 0.5) is 0 Å². The Kier molecular flexibility index (Phi) is 4.81. The molecule has 0 atom stereocenters. The Labute approximate surface area is 100 Å². The number of carbonyl (C=O) groups excluding carboxylic acids is 1. The molecule has 0 aliphatic heterocycles. The normalized spacial score (nSPS) is 10.8. The molecule has 0 aromatic heterocycles. The fourth-order valence-corrected chi connectivity index (χ4v) is 1.19. The Hall–Kier alpha value is -2.23. The van der Waals surface area contributed by atoms with Crippen LogP contribution in [0, 0.1) is 5.41 Å². The van der Waals surface area contributed by atoms with Crippen LogP contribution in [0.1, 0.15) is 12.5 Å². The minimum atomic E-state index is -0.565. The predicted molar refractivity (Wildman–Crippen MR) is 67.3 cm³/mol. The van der Waals surface area contributed by atoms with Gasteiger partial charge in [0.25, 0.3) is 0 Å². The smallest absolute Gasteiger partial charge is 0.357 e. The highest BCUT2D eigenvalue weighted by molar-refractivity contribution is 6.43. The lowest BCUT2D eigenvalue weighted by molar-refractivity contribution is -0.136. The van der Waals surface area contributed by atoms with Crippen molar-refractivity contribution in [1.82, 2.24) is 0 Å². The maximum absolute atomic E-state index is 11.6. The molecule has 0 bridgehead atoms. The second-order valence-electron chi connectivity index (χ2n) is 3.45. The number of esters is 1. The number of benzene rings is 1. The molecule has 0 unspecified atom stereocenters. The average molecular weight is 230 g/mol. The largest absolute Gasteiger partial charge is 0.456 e. The summed E-state index contributed by atoms with van der Waals surface area (Å²) in [5.41, 5.74) is 1.46. The lowest BCUT2D eigenvalue weighted by Gasteiger charge is -2.06. The summed E-state index contributed by atoms with van der Waals surface area (Å²) in [6.45, 7) is 5.44. The minimum absolute atomic E-state index is 0.0796. The molecule has 0 fully saturated rings. The van der Waals surface area contributed by atoms with Crippen LogP contribution in [-0.4, -0.2) is 18.0 Å². The van der Waals surface area contributed by atoms with Gasteiger partial charge < -0.3 is 4.74 Å². The number of hydrogen-bond acceptors (Lipinski definition) is 3. The number of ether oxygens (including phenoxy) is 1. The van der Waals surface area contributed by atoms with Gasteiger partial charge in [-0.3, -0.25) is 5.41 Å². The van der Waals surface area contributed by atoms with E-state index in [0.717, 1.165) is 11.9 Å². The van der Waals surface area contributed by atoms with Gasteiger partial charge in [0, 0.05) is 0 Å². The molecule has 0 aliphatic rings. The third-order valence-electron chi connectivity index (χ3n) is 2.00. The Morgan fingerprint density at radius 1 is 1.47 bits per heavy atom. The quantitative estimate of drug-likeness (QED) is 0.479. The minimum Gasteiger partial charge on any atom is -0.456 e. The highest BCUT2D eigenvalue weighted by Crippen LogP contribution is 2.03. The van der Waals surface area contributed by atoms with Crippen LogP contribution in [0.3, 0.4) is 0 Å². The first-order valence-corrected chi connectivity index (χ1v) is 5.09. The first-order chi connectivity index (χ1) is 8.15. The zero-order chi connectivity index (χ0) is 12.7. The van der Waals surface area contributed by atoms with E-state index in [1.54, 1.807) is 6.92 Å². The van der Waals surface area contributed by atoms with Gasteiger partial charge in [0.05, 0.1) is 0 Å². The van der Waals surface area contributed by atoms with Gasteiger partial charge in [-0.25, -0.2) is 9.79 Å².